The maximum absolute atomic E-state index is 13.9. The van der Waals surface area contributed by atoms with Gasteiger partial charge in [0.15, 0.2) is 0 Å². The highest BCUT2D eigenvalue weighted by molar-refractivity contribution is 14.1. The average Bonchev–Trinajstić information content (AvgIpc) is 2.41. The van der Waals surface area contributed by atoms with Gasteiger partial charge >= 0.3 is 0 Å². The Bertz CT molecular complexity index is 557. The maximum atomic E-state index is 13.9. The Kier molecular flexibility index (Phi) is 4.76. The lowest BCUT2D eigenvalue weighted by molar-refractivity contribution is 0.410. The molecular weight excluding hydrogens is 356 g/mol. The molecule has 2 nitrogen and oxygen atoms in total. The molecule has 0 spiro atoms. The van der Waals surface area contributed by atoms with Crippen LogP contribution in [0.1, 0.15) is 17.2 Å². The van der Waals surface area contributed by atoms with Gasteiger partial charge in [-0.15, -0.1) is 0 Å². The summed E-state index contributed by atoms with van der Waals surface area (Å²) >= 11 is 2.25. The molecule has 2 N–H and O–H groups in total. The van der Waals surface area contributed by atoms with Gasteiger partial charge in [-0.05, 0) is 52.8 Å². The van der Waals surface area contributed by atoms with E-state index in [1.807, 2.05) is 24.3 Å². The molecule has 0 fully saturated rings. The molecule has 0 aromatic heterocycles. The van der Waals surface area contributed by atoms with E-state index < -0.39 is 0 Å². The first-order valence-electron chi connectivity index (χ1n) is 5.93. The summed E-state index contributed by atoms with van der Waals surface area (Å²) in [6.45, 7) is 0. The molecule has 0 aliphatic carbocycles. The molecule has 0 amide bonds. The highest BCUT2D eigenvalue weighted by Gasteiger charge is 2.13. The van der Waals surface area contributed by atoms with Gasteiger partial charge in [-0.25, -0.2) is 4.39 Å². The average molecular weight is 371 g/mol. The van der Waals surface area contributed by atoms with Gasteiger partial charge in [0, 0.05) is 21.2 Å². The van der Waals surface area contributed by atoms with Crippen LogP contribution in [0, 0.1) is 9.39 Å². The highest BCUT2D eigenvalue weighted by Crippen LogP contribution is 2.23. The lowest BCUT2D eigenvalue weighted by Gasteiger charge is -2.14. The Morgan fingerprint density at radius 2 is 1.89 bits per heavy atom. The van der Waals surface area contributed by atoms with E-state index in [2.05, 4.69) is 22.6 Å². The highest BCUT2D eigenvalue weighted by atomic mass is 127. The van der Waals surface area contributed by atoms with E-state index in [0.717, 1.165) is 5.56 Å². The number of halogens is 2. The number of nitrogens with two attached hydrogens (primary N) is 1. The van der Waals surface area contributed by atoms with Crippen LogP contribution in [0.4, 0.5) is 4.39 Å². The Morgan fingerprint density at radius 1 is 1.21 bits per heavy atom. The van der Waals surface area contributed by atoms with Crippen molar-refractivity contribution in [1.82, 2.24) is 0 Å². The molecule has 0 saturated heterocycles. The Morgan fingerprint density at radius 3 is 2.47 bits per heavy atom. The number of hydrogen-bond acceptors (Lipinski definition) is 2. The second kappa shape index (κ2) is 6.34. The Hall–Kier alpha value is -1.14. The zero-order valence-electron chi connectivity index (χ0n) is 10.6. The molecule has 2 rings (SSSR count). The van der Waals surface area contributed by atoms with Gasteiger partial charge < -0.3 is 10.5 Å². The second-order valence-electron chi connectivity index (χ2n) is 4.32. The smallest absolute Gasteiger partial charge is 0.131 e. The normalized spacial score (nSPS) is 12.2. The van der Waals surface area contributed by atoms with Gasteiger partial charge in [0.1, 0.15) is 11.6 Å². The van der Waals surface area contributed by atoms with Crippen LogP contribution >= 0.6 is 22.6 Å². The molecule has 2 aromatic carbocycles. The van der Waals surface area contributed by atoms with Crippen LogP contribution in [-0.2, 0) is 6.42 Å². The third kappa shape index (κ3) is 3.67. The van der Waals surface area contributed by atoms with Gasteiger partial charge in [0.05, 0.1) is 7.11 Å². The van der Waals surface area contributed by atoms with Gasteiger partial charge in [0.2, 0.25) is 0 Å². The van der Waals surface area contributed by atoms with Crippen LogP contribution in [0.2, 0.25) is 0 Å². The van der Waals surface area contributed by atoms with Crippen LogP contribution in [0.15, 0.2) is 42.5 Å². The predicted octanol–water partition coefficient (Wildman–Crippen LogP) is 3.68. The largest absolute Gasteiger partial charge is 0.497 e. The SMILES string of the molecule is COc1ccc(C(N)Cc2ccc(I)cc2)c(F)c1. The van der Waals surface area contributed by atoms with Crippen molar-refractivity contribution in [3.63, 3.8) is 0 Å². The van der Waals surface area contributed by atoms with E-state index in [4.69, 9.17) is 10.5 Å². The third-order valence-corrected chi connectivity index (χ3v) is 3.70. The molecule has 0 heterocycles. The van der Waals surface area contributed by atoms with Crippen LogP contribution in [0.5, 0.6) is 5.75 Å². The van der Waals surface area contributed by atoms with Crippen molar-refractivity contribution in [2.24, 2.45) is 5.73 Å². The molecule has 100 valence electrons. The molecular formula is C15H15FINO. The van der Waals surface area contributed by atoms with Gasteiger partial charge in [-0.2, -0.15) is 0 Å². The molecule has 1 atom stereocenters. The number of ether oxygens (including phenoxy) is 1. The summed E-state index contributed by atoms with van der Waals surface area (Å²) in [5.74, 6) is 0.181. The standard InChI is InChI=1S/C15H15FINO/c1-19-12-6-7-13(14(16)9-12)15(18)8-10-2-4-11(17)5-3-10/h2-7,9,15H,8,18H2,1H3. The van der Waals surface area contributed by atoms with Crippen molar-refractivity contribution in [2.75, 3.05) is 7.11 Å². The van der Waals surface area contributed by atoms with Crippen molar-refractivity contribution < 1.29 is 9.13 Å². The molecule has 0 bridgehead atoms. The summed E-state index contributed by atoms with van der Waals surface area (Å²) in [6, 6.07) is 12.5. The molecule has 0 aliphatic heterocycles. The van der Waals surface area contributed by atoms with Crippen molar-refractivity contribution in [1.29, 1.82) is 0 Å². The van der Waals surface area contributed by atoms with Crippen molar-refractivity contribution in [3.05, 3.63) is 63.0 Å². The van der Waals surface area contributed by atoms with Crippen LogP contribution in [-0.4, -0.2) is 7.11 Å². The fraction of sp³-hybridized carbons (Fsp3) is 0.200. The van der Waals surface area contributed by atoms with E-state index >= 15 is 0 Å². The minimum atomic E-state index is -0.356. The molecule has 4 heteroatoms. The van der Waals surface area contributed by atoms with Crippen molar-refractivity contribution in [3.8, 4) is 5.75 Å². The third-order valence-electron chi connectivity index (χ3n) is 2.98. The minimum Gasteiger partial charge on any atom is -0.497 e. The summed E-state index contributed by atoms with van der Waals surface area (Å²) in [5, 5.41) is 0. The fourth-order valence-corrected chi connectivity index (χ4v) is 2.28. The lowest BCUT2D eigenvalue weighted by atomic mass is 9.99. The summed E-state index contributed by atoms with van der Waals surface area (Å²) < 4.78 is 20.0. The Labute approximate surface area is 125 Å². The Balaban J connectivity index is 2.15. The van der Waals surface area contributed by atoms with Crippen molar-refractivity contribution in [2.45, 2.75) is 12.5 Å². The van der Waals surface area contributed by atoms with E-state index in [9.17, 15) is 4.39 Å². The number of hydrogen-bond donors (Lipinski definition) is 1. The first-order chi connectivity index (χ1) is 9.10. The monoisotopic (exact) mass is 371 g/mol. The quantitative estimate of drug-likeness (QED) is 0.833. The molecule has 2 aromatic rings. The van der Waals surface area contributed by atoms with Crippen LogP contribution in [0.25, 0.3) is 0 Å². The zero-order valence-corrected chi connectivity index (χ0v) is 12.7. The van der Waals surface area contributed by atoms with Crippen LogP contribution in [0.3, 0.4) is 0 Å². The molecule has 0 aliphatic rings. The van der Waals surface area contributed by atoms with E-state index in [1.54, 1.807) is 12.1 Å². The summed E-state index contributed by atoms with van der Waals surface area (Å²) in [5.41, 5.74) is 7.69. The van der Waals surface area contributed by atoms with Gasteiger partial charge in [0.25, 0.3) is 0 Å². The number of rotatable bonds is 4. The van der Waals surface area contributed by atoms with E-state index in [1.165, 1.54) is 16.7 Å². The minimum absolute atomic E-state index is 0.322. The summed E-state index contributed by atoms with van der Waals surface area (Å²) in [7, 11) is 1.51. The summed E-state index contributed by atoms with van der Waals surface area (Å²) in [6.07, 6.45) is 0.611. The van der Waals surface area contributed by atoms with Gasteiger partial charge in [-0.3, -0.25) is 0 Å². The fourth-order valence-electron chi connectivity index (χ4n) is 1.92. The maximum Gasteiger partial charge on any atom is 0.131 e. The zero-order chi connectivity index (χ0) is 13.8. The number of benzene rings is 2. The summed E-state index contributed by atoms with van der Waals surface area (Å²) in [4.78, 5) is 0. The van der Waals surface area contributed by atoms with Crippen LogP contribution < -0.4 is 10.5 Å². The molecule has 1 unspecified atom stereocenters. The predicted molar refractivity (Wildman–Crippen MR) is 82.7 cm³/mol. The molecule has 0 radical (unpaired) electrons. The molecule has 19 heavy (non-hydrogen) atoms. The first-order valence-corrected chi connectivity index (χ1v) is 7.01. The van der Waals surface area contributed by atoms with E-state index in [0.29, 0.717) is 17.7 Å². The lowest BCUT2D eigenvalue weighted by Crippen LogP contribution is -2.15. The second-order valence-corrected chi connectivity index (χ2v) is 5.57. The topological polar surface area (TPSA) is 35.2 Å². The van der Waals surface area contributed by atoms with Crippen molar-refractivity contribution >= 4 is 22.6 Å². The van der Waals surface area contributed by atoms with E-state index in [-0.39, 0.29) is 11.9 Å². The molecule has 0 saturated carbocycles. The van der Waals surface area contributed by atoms with Gasteiger partial charge in [-0.1, -0.05) is 18.2 Å². The number of methoxy groups -OCH3 is 1. The first kappa shape index (κ1) is 14.3.